The van der Waals surface area contributed by atoms with Crippen molar-refractivity contribution in [1.82, 2.24) is 9.97 Å². The summed E-state index contributed by atoms with van der Waals surface area (Å²) in [6.45, 7) is 6.42. The van der Waals surface area contributed by atoms with Gasteiger partial charge in [-0.25, -0.2) is 14.4 Å². The standard InChI is InChI=1S/C22H20FN3S/c1-13(2)17-6-4-5-7-18(17)26-21-20-19(15-8-10-16(23)11-9-15)14(3)27-22(20)25-12-24-21/h4-13H,1-3H3,(H,24,25,26). The van der Waals surface area contributed by atoms with Crippen molar-refractivity contribution in [2.75, 3.05) is 5.32 Å². The first-order valence-corrected chi connectivity index (χ1v) is 9.72. The fourth-order valence-electron chi connectivity index (χ4n) is 3.35. The van der Waals surface area contributed by atoms with Crippen LogP contribution in [0.15, 0.2) is 54.9 Å². The molecular weight excluding hydrogens is 357 g/mol. The molecule has 3 nitrogen and oxygen atoms in total. The molecule has 0 saturated carbocycles. The van der Waals surface area contributed by atoms with Gasteiger partial charge >= 0.3 is 0 Å². The van der Waals surface area contributed by atoms with Crippen LogP contribution in [0.5, 0.6) is 0 Å². The number of nitrogens with zero attached hydrogens (tertiary/aromatic N) is 2. The Morgan fingerprint density at radius 3 is 2.48 bits per heavy atom. The normalized spacial score (nSPS) is 11.3. The molecule has 0 radical (unpaired) electrons. The van der Waals surface area contributed by atoms with E-state index in [1.807, 2.05) is 18.2 Å². The average molecular weight is 377 g/mol. The van der Waals surface area contributed by atoms with Crippen molar-refractivity contribution < 1.29 is 4.39 Å². The van der Waals surface area contributed by atoms with Crippen LogP contribution in [0.1, 0.15) is 30.2 Å². The molecular formula is C22H20FN3S. The maximum Gasteiger partial charge on any atom is 0.143 e. The van der Waals surface area contributed by atoms with Crippen molar-refractivity contribution in [3.63, 3.8) is 0 Å². The molecule has 1 N–H and O–H groups in total. The molecule has 5 heteroatoms. The van der Waals surface area contributed by atoms with Crippen LogP contribution in [0.25, 0.3) is 21.3 Å². The highest BCUT2D eigenvalue weighted by Crippen LogP contribution is 2.41. The number of hydrogen-bond acceptors (Lipinski definition) is 4. The Bertz CT molecular complexity index is 1100. The Morgan fingerprint density at radius 1 is 1.00 bits per heavy atom. The van der Waals surface area contributed by atoms with E-state index < -0.39 is 0 Å². The molecule has 0 aliphatic heterocycles. The van der Waals surface area contributed by atoms with Crippen LogP contribution < -0.4 is 5.32 Å². The maximum absolute atomic E-state index is 13.4. The number of anilines is 2. The number of nitrogens with one attached hydrogen (secondary N) is 1. The summed E-state index contributed by atoms with van der Waals surface area (Å²) >= 11 is 1.63. The van der Waals surface area contributed by atoms with E-state index in [1.165, 1.54) is 17.7 Å². The van der Waals surface area contributed by atoms with Crippen molar-refractivity contribution in [3.05, 3.63) is 71.1 Å². The highest BCUT2D eigenvalue weighted by atomic mass is 32.1. The summed E-state index contributed by atoms with van der Waals surface area (Å²) in [5.41, 5.74) is 4.30. The summed E-state index contributed by atoms with van der Waals surface area (Å²) in [4.78, 5) is 11.0. The number of rotatable bonds is 4. The van der Waals surface area contributed by atoms with E-state index in [4.69, 9.17) is 0 Å². The predicted octanol–water partition coefficient (Wildman–Crippen LogP) is 6.67. The van der Waals surface area contributed by atoms with Gasteiger partial charge in [-0.3, -0.25) is 0 Å². The lowest BCUT2D eigenvalue weighted by Gasteiger charge is -2.15. The first-order valence-electron chi connectivity index (χ1n) is 8.90. The zero-order valence-electron chi connectivity index (χ0n) is 15.5. The van der Waals surface area contributed by atoms with E-state index >= 15 is 0 Å². The second-order valence-corrected chi connectivity index (χ2v) is 8.01. The van der Waals surface area contributed by atoms with Crippen molar-refractivity contribution in [1.29, 1.82) is 0 Å². The fourth-order valence-corrected chi connectivity index (χ4v) is 4.36. The number of thiophene rings is 1. The maximum atomic E-state index is 13.4. The number of aromatic nitrogens is 2. The molecule has 0 saturated heterocycles. The average Bonchev–Trinajstić information content (AvgIpc) is 2.99. The Balaban J connectivity index is 1.89. The van der Waals surface area contributed by atoms with Crippen molar-refractivity contribution in [2.24, 2.45) is 0 Å². The van der Waals surface area contributed by atoms with Crippen molar-refractivity contribution in [3.8, 4) is 11.1 Å². The van der Waals surface area contributed by atoms with E-state index in [0.717, 1.165) is 37.7 Å². The van der Waals surface area contributed by atoms with E-state index in [9.17, 15) is 4.39 Å². The lowest BCUT2D eigenvalue weighted by Crippen LogP contribution is -2.00. The van der Waals surface area contributed by atoms with Gasteiger partial charge in [0.25, 0.3) is 0 Å². The minimum atomic E-state index is -0.239. The Hall–Kier alpha value is -2.79. The Morgan fingerprint density at radius 2 is 1.74 bits per heavy atom. The number of hydrogen-bond donors (Lipinski definition) is 1. The van der Waals surface area contributed by atoms with Gasteiger partial charge in [-0.05, 0) is 42.2 Å². The molecule has 2 heterocycles. The summed E-state index contributed by atoms with van der Waals surface area (Å²) in [6.07, 6.45) is 1.59. The quantitative estimate of drug-likeness (QED) is 0.431. The number of halogens is 1. The minimum absolute atomic E-state index is 0.239. The van der Waals surface area contributed by atoms with Crippen LogP contribution in [-0.2, 0) is 0 Å². The SMILES string of the molecule is Cc1sc2ncnc(Nc3ccccc3C(C)C)c2c1-c1ccc(F)cc1. The van der Waals surface area contributed by atoms with Gasteiger partial charge in [0, 0.05) is 16.1 Å². The smallest absolute Gasteiger partial charge is 0.143 e. The third kappa shape index (κ3) is 3.30. The topological polar surface area (TPSA) is 37.8 Å². The van der Waals surface area contributed by atoms with Gasteiger partial charge in [-0.1, -0.05) is 44.2 Å². The van der Waals surface area contributed by atoms with Gasteiger partial charge in [0.05, 0.1) is 5.39 Å². The van der Waals surface area contributed by atoms with Crippen LogP contribution in [0, 0.1) is 12.7 Å². The molecule has 0 aliphatic carbocycles. The molecule has 0 unspecified atom stereocenters. The zero-order chi connectivity index (χ0) is 19.0. The number of para-hydroxylation sites is 1. The molecule has 4 aromatic rings. The van der Waals surface area contributed by atoms with E-state index in [1.54, 1.807) is 17.7 Å². The third-order valence-corrected chi connectivity index (χ3v) is 5.65. The van der Waals surface area contributed by atoms with Crippen LogP contribution in [0.3, 0.4) is 0 Å². The molecule has 0 spiro atoms. The van der Waals surface area contributed by atoms with Crippen LogP contribution in [0.4, 0.5) is 15.9 Å². The van der Waals surface area contributed by atoms with Gasteiger partial charge in [0.15, 0.2) is 0 Å². The molecule has 2 aromatic carbocycles. The largest absolute Gasteiger partial charge is 0.339 e. The summed E-state index contributed by atoms with van der Waals surface area (Å²) in [7, 11) is 0. The molecule has 136 valence electrons. The van der Waals surface area contributed by atoms with Gasteiger partial charge in [0.2, 0.25) is 0 Å². The van der Waals surface area contributed by atoms with E-state index in [0.29, 0.717) is 5.92 Å². The first kappa shape index (κ1) is 17.6. The van der Waals surface area contributed by atoms with Gasteiger partial charge in [0.1, 0.15) is 22.8 Å². The van der Waals surface area contributed by atoms with Gasteiger partial charge in [-0.15, -0.1) is 11.3 Å². The molecule has 0 fully saturated rings. The summed E-state index contributed by atoms with van der Waals surface area (Å²) < 4.78 is 13.4. The number of benzene rings is 2. The summed E-state index contributed by atoms with van der Waals surface area (Å²) in [5.74, 6) is 0.931. The van der Waals surface area contributed by atoms with Crippen molar-refractivity contribution in [2.45, 2.75) is 26.7 Å². The highest BCUT2D eigenvalue weighted by Gasteiger charge is 2.18. The Kier molecular flexibility index (Phi) is 4.62. The second-order valence-electron chi connectivity index (χ2n) is 6.81. The molecule has 2 aromatic heterocycles. The number of aryl methyl sites for hydroxylation is 1. The zero-order valence-corrected chi connectivity index (χ0v) is 16.3. The molecule has 4 rings (SSSR count). The lowest BCUT2D eigenvalue weighted by molar-refractivity contribution is 0.628. The van der Waals surface area contributed by atoms with Gasteiger partial charge < -0.3 is 5.32 Å². The van der Waals surface area contributed by atoms with Crippen molar-refractivity contribution >= 4 is 33.1 Å². The van der Waals surface area contributed by atoms with Crippen LogP contribution in [0.2, 0.25) is 0 Å². The molecule has 0 bridgehead atoms. The van der Waals surface area contributed by atoms with Gasteiger partial charge in [-0.2, -0.15) is 0 Å². The highest BCUT2D eigenvalue weighted by molar-refractivity contribution is 7.19. The summed E-state index contributed by atoms with van der Waals surface area (Å²) in [6, 6.07) is 14.9. The lowest BCUT2D eigenvalue weighted by atomic mass is 10.0. The van der Waals surface area contributed by atoms with E-state index in [-0.39, 0.29) is 5.82 Å². The molecule has 27 heavy (non-hydrogen) atoms. The fraction of sp³-hybridized carbons (Fsp3) is 0.182. The van der Waals surface area contributed by atoms with E-state index in [2.05, 4.69) is 54.3 Å². The molecule has 0 aliphatic rings. The monoisotopic (exact) mass is 377 g/mol. The second kappa shape index (κ2) is 7.08. The summed E-state index contributed by atoms with van der Waals surface area (Å²) in [5, 5.41) is 4.49. The minimum Gasteiger partial charge on any atom is -0.339 e. The molecule has 0 amide bonds. The third-order valence-electron chi connectivity index (χ3n) is 4.63. The van der Waals surface area contributed by atoms with Crippen LogP contribution >= 0.6 is 11.3 Å². The number of fused-ring (bicyclic) bond motifs is 1. The molecule has 0 atom stereocenters. The predicted molar refractivity (Wildman–Crippen MR) is 111 cm³/mol. The van der Waals surface area contributed by atoms with Crippen LogP contribution in [-0.4, -0.2) is 9.97 Å². The first-order chi connectivity index (χ1) is 13.0. The Labute approximate surface area is 161 Å².